The van der Waals surface area contributed by atoms with Gasteiger partial charge in [0.05, 0.1) is 12.1 Å². The fraction of sp³-hybridized carbons (Fsp3) is 0.350. The average Bonchev–Trinajstić information content (AvgIpc) is 2.60. The van der Waals surface area contributed by atoms with Crippen molar-refractivity contribution in [3.05, 3.63) is 58.4 Å². The van der Waals surface area contributed by atoms with Gasteiger partial charge in [0.15, 0.2) is 0 Å². The van der Waals surface area contributed by atoms with Crippen molar-refractivity contribution in [1.82, 2.24) is 0 Å². The topological polar surface area (TPSA) is 67.0 Å². The van der Waals surface area contributed by atoms with Crippen LogP contribution >= 0.6 is 0 Å². The van der Waals surface area contributed by atoms with Gasteiger partial charge in [0.2, 0.25) is 0 Å². The molecule has 3 aromatic rings. The monoisotopic (exact) mass is 324 g/mol. The van der Waals surface area contributed by atoms with Crippen molar-refractivity contribution in [2.24, 2.45) is 0 Å². The first-order valence-corrected chi connectivity index (χ1v) is 8.66. The highest BCUT2D eigenvalue weighted by molar-refractivity contribution is 6.06. The van der Waals surface area contributed by atoms with Crippen LogP contribution < -0.4 is 10.9 Å². The molecule has 0 aliphatic heterocycles. The second kappa shape index (κ2) is 6.38. The quantitative estimate of drug-likeness (QED) is 0.574. The van der Waals surface area contributed by atoms with Crippen molar-refractivity contribution in [2.45, 2.75) is 44.4 Å². The number of aliphatic hydroxyl groups is 1. The van der Waals surface area contributed by atoms with E-state index in [9.17, 15) is 9.90 Å². The van der Waals surface area contributed by atoms with E-state index in [0.29, 0.717) is 11.6 Å². The Morgan fingerprint density at radius 1 is 1.08 bits per heavy atom. The van der Waals surface area contributed by atoms with E-state index < -0.39 is 0 Å². The molecule has 1 aliphatic rings. The molecule has 1 fully saturated rings. The minimum atomic E-state index is -0.291. The summed E-state index contributed by atoms with van der Waals surface area (Å²) in [5.41, 5.74) is 1.40. The number of benzene rings is 2. The second-order valence-electron chi connectivity index (χ2n) is 6.76. The van der Waals surface area contributed by atoms with E-state index in [2.05, 4.69) is 17.4 Å². The molecule has 4 rings (SSSR count). The van der Waals surface area contributed by atoms with E-state index >= 15 is 0 Å². The second-order valence-corrected chi connectivity index (χ2v) is 6.76. The summed E-state index contributed by atoms with van der Waals surface area (Å²) in [5, 5.41) is 15.3. The maximum Gasteiger partial charge on any atom is 0.336 e. The van der Waals surface area contributed by atoms with Crippen LogP contribution in [-0.4, -0.2) is 17.3 Å². The van der Waals surface area contributed by atoms with E-state index in [1.165, 1.54) is 0 Å². The SMILES string of the molecule is O=c1cc(C[NH2+]C2CCC(O)CC2)c2c(ccc3ccccc32)o1. The Morgan fingerprint density at radius 3 is 2.71 bits per heavy atom. The molecule has 2 aromatic carbocycles. The molecule has 0 amide bonds. The van der Waals surface area contributed by atoms with Gasteiger partial charge in [-0.25, -0.2) is 4.79 Å². The summed E-state index contributed by atoms with van der Waals surface area (Å²) < 4.78 is 5.41. The molecule has 4 heteroatoms. The molecule has 0 unspecified atom stereocenters. The van der Waals surface area contributed by atoms with E-state index in [1.807, 2.05) is 24.3 Å². The van der Waals surface area contributed by atoms with Gasteiger partial charge < -0.3 is 14.8 Å². The number of hydrogen-bond acceptors (Lipinski definition) is 3. The van der Waals surface area contributed by atoms with Crippen LogP contribution in [0.3, 0.4) is 0 Å². The molecule has 1 aliphatic carbocycles. The third-order valence-corrected chi connectivity index (χ3v) is 5.13. The van der Waals surface area contributed by atoms with Crippen LogP contribution in [0, 0.1) is 0 Å². The molecule has 4 nitrogen and oxygen atoms in total. The summed E-state index contributed by atoms with van der Waals surface area (Å²) in [6, 6.07) is 14.2. The largest absolute Gasteiger partial charge is 0.423 e. The lowest BCUT2D eigenvalue weighted by Crippen LogP contribution is -2.89. The van der Waals surface area contributed by atoms with Gasteiger partial charge in [-0.1, -0.05) is 30.3 Å². The first kappa shape index (κ1) is 15.4. The predicted octanol–water partition coefficient (Wildman–Crippen LogP) is 2.31. The summed E-state index contributed by atoms with van der Waals surface area (Å²) >= 11 is 0. The fourth-order valence-corrected chi connectivity index (χ4v) is 3.81. The van der Waals surface area contributed by atoms with Crippen molar-refractivity contribution >= 4 is 21.7 Å². The normalized spacial score (nSPS) is 21.4. The van der Waals surface area contributed by atoms with Crippen LogP contribution in [0.1, 0.15) is 31.2 Å². The van der Waals surface area contributed by atoms with Crippen molar-refractivity contribution in [2.75, 3.05) is 0 Å². The van der Waals surface area contributed by atoms with Crippen molar-refractivity contribution < 1.29 is 14.8 Å². The Morgan fingerprint density at radius 2 is 1.88 bits per heavy atom. The number of fused-ring (bicyclic) bond motifs is 3. The first-order valence-electron chi connectivity index (χ1n) is 8.66. The maximum absolute atomic E-state index is 11.9. The van der Waals surface area contributed by atoms with Crippen LogP contribution in [0.4, 0.5) is 0 Å². The van der Waals surface area contributed by atoms with Crippen molar-refractivity contribution in [1.29, 1.82) is 0 Å². The Hall–Kier alpha value is -2.17. The molecule has 0 bridgehead atoms. The van der Waals surface area contributed by atoms with Crippen LogP contribution in [0.15, 0.2) is 51.7 Å². The van der Waals surface area contributed by atoms with Gasteiger partial charge in [0, 0.05) is 29.9 Å². The van der Waals surface area contributed by atoms with E-state index in [-0.39, 0.29) is 11.7 Å². The minimum absolute atomic E-state index is 0.136. The van der Waals surface area contributed by atoms with Gasteiger partial charge in [-0.2, -0.15) is 0 Å². The highest BCUT2D eigenvalue weighted by atomic mass is 16.4. The van der Waals surface area contributed by atoms with Gasteiger partial charge in [0.1, 0.15) is 12.1 Å². The highest BCUT2D eigenvalue weighted by Crippen LogP contribution is 2.27. The molecule has 0 saturated heterocycles. The summed E-state index contributed by atoms with van der Waals surface area (Å²) in [4.78, 5) is 11.9. The number of aliphatic hydroxyl groups excluding tert-OH is 1. The first-order chi connectivity index (χ1) is 11.7. The predicted molar refractivity (Wildman–Crippen MR) is 93.9 cm³/mol. The third-order valence-electron chi connectivity index (χ3n) is 5.13. The molecule has 3 N–H and O–H groups in total. The Kier molecular flexibility index (Phi) is 4.08. The molecule has 1 aromatic heterocycles. The molecule has 24 heavy (non-hydrogen) atoms. The third kappa shape index (κ3) is 2.95. The summed E-state index contributed by atoms with van der Waals surface area (Å²) in [6.07, 6.45) is 3.68. The minimum Gasteiger partial charge on any atom is -0.423 e. The van der Waals surface area contributed by atoms with Crippen LogP contribution in [0.25, 0.3) is 21.7 Å². The number of nitrogens with two attached hydrogens (primary N) is 1. The Bertz CT molecular complexity index is 923. The van der Waals surface area contributed by atoms with Crippen LogP contribution in [0.5, 0.6) is 0 Å². The van der Waals surface area contributed by atoms with Gasteiger partial charge >= 0.3 is 5.63 Å². The standard InChI is InChI=1S/C20H21NO3/c22-16-8-6-15(7-9-16)21-12-14-11-19(23)24-18-10-5-13-3-1-2-4-17(13)20(14)18/h1-5,10-11,15-16,21-22H,6-9,12H2/p+1. The fourth-order valence-electron chi connectivity index (χ4n) is 3.81. The van der Waals surface area contributed by atoms with Crippen molar-refractivity contribution in [3.8, 4) is 0 Å². The molecular weight excluding hydrogens is 302 g/mol. The zero-order chi connectivity index (χ0) is 16.5. The lowest BCUT2D eigenvalue weighted by Gasteiger charge is -2.23. The Labute approximate surface area is 140 Å². The zero-order valence-electron chi connectivity index (χ0n) is 13.6. The number of hydrogen-bond donors (Lipinski definition) is 2. The number of quaternary nitrogens is 1. The van der Waals surface area contributed by atoms with E-state index in [1.54, 1.807) is 6.07 Å². The molecule has 0 atom stereocenters. The van der Waals surface area contributed by atoms with Crippen LogP contribution in [0.2, 0.25) is 0 Å². The smallest absolute Gasteiger partial charge is 0.336 e. The lowest BCUT2D eigenvalue weighted by molar-refractivity contribution is -0.707. The highest BCUT2D eigenvalue weighted by Gasteiger charge is 2.22. The van der Waals surface area contributed by atoms with Crippen molar-refractivity contribution in [3.63, 3.8) is 0 Å². The van der Waals surface area contributed by atoms with Gasteiger partial charge in [-0.3, -0.25) is 0 Å². The van der Waals surface area contributed by atoms with Gasteiger partial charge in [-0.05, 0) is 29.7 Å². The molecular formula is C20H22NO3+. The molecule has 124 valence electrons. The Balaban J connectivity index is 1.71. The maximum atomic E-state index is 11.9. The number of rotatable bonds is 3. The summed E-state index contributed by atoms with van der Waals surface area (Å²) in [7, 11) is 0. The summed E-state index contributed by atoms with van der Waals surface area (Å²) in [6.45, 7) is 0.761. The average molecular weight is 324 g/mol. The molecule has 0 spiro atoms. The molecule has 1 saturated carbocycles. The van der Waals surface area contributed by atoms with Gasteiger partial charge in [0.25, 0.3) is 0 Å². The lowest BCUT2D eigenvalue weighted by atomic mass is 9.93. The van der Waals surface area contributed by atoms with Gasteiger partial charge in [-0.15, -0.1) is 0 Å². The summed E-state index contributed by atoms with van der Waals surface area (Å²) in [5.74, 6) is 0. The molecule has 0 radical (unpaired) electrons. The van der Waals surface area contributed by atoms with E-state index in [4.69, 9.17) is 4.42 Å². The zero-order valence-corrected chi connectivity index (χ0v) is 13.6. The van der Waals surface area contributed by atoms with Crippen LogP contribution in [-0.2, 0) is 6.54 Å². The molecule has 1 heterocycles. The van der Waals surface area contributed by atoms with E-state index in [0.717, 1.165) is 54.0 Å².